The van der Waals surface area contributed by atoms with E-state index in [9.17, 15) is 0 Å². The Morgan fingerprint density at radius 2 is 2.54 bits per heavy atom. The summed E-state index contributed by atoms with van der Waals surface area (Å²) in [5.41, 5.74) is 0.814. The Balaban J connectivity index is 1.72. The normalized spacial score (nSPS) is 23.2. The highest BCUT2D eigenvalue weighted by Gasteiger charge is 2.14. The number of hydrogen-bond acceptors (Lipinski definition) is 4. The predicted octanol–water partition coefficient (Wildman–Crippen LogP) is 1.72. The van der Waals surface area contributed by atoms with Gasteiger partial charge < -0.3 is 14.0 Å². The minimum absolute atomic E-state index is 0.0505. The van der Waals surface area contributed by atoms with E-state index >= 15 is 0 Å². The molecule has 4 nitrogen and oxygen atoms in total. The summed E-state index contributed by atoms with van der Waals surface area (Å²) in [4.78, 5) is 0. The van der Waals surface area contributed by atoms with Crippen LogP contribution in [0.4, 0.5) is 0 Å². The number of nitrogens with zero attached hydrogens (tertiary/aromatic N) is 1. The zero-order chi connectivity index (χ0) is 8.93. The molecule has 72 valence electrons. The first-order valence-corrected chi connectivity index (χ1v) is 4.57. The molecule has 2 heterocycles. The Labute approximate surface area is 76.8 Å². The quantitative estimate of drug-likeness (QED) is 0.715. The van der Waals surface area contributed by atoms with Crippen molar-refractivity contribution in [2.24, 2.45) is 0 Å². The van der Waals surface area contributed by atoms with E-state index in [0.717, 1.165) is 25.1 Å². The lowest BCUT2D eigenvalue weighted by atomic mass is 10.2. The third-order valence-corrected chi connectivity index (χ3v) is 2.05. The average Bonchev–Trinajstić information content (AvgIpc) is 2.69. The van der Waals surface area contributed by atoms with Gasteiger partial charge in [-0.25, -0.2) is 0 Å². The molecule has 1 aliphatic rings. The van der Waals surface area contributed by atoms with Crippen LogP contribution in [0.5, 0.6) is 0 Å². The first-order valence-electron chi connectivity index (χ1n) is 4.57. The maximum atomic E-state index is 5.48. The minimum atomic E-state index is -0.0505. The van der Waals surface area contributed by atoms with Crippen molar-refractivity contribution in [3.05, 3.63) is 18.0 Å². The summed E-state index contributed by atoms with van der Waals surface area (Å²) < 4.78 is 15.6. The Bertz CT molecular complexity index is 229. The molecule has 1 aliphatic heterocycles. The fourth-order valence-electron chi connectivity index (χ4n) is 1.33. The molecule has 1 saturated heterocycles. The van der Waals surface area contributed by atoms with Crippen LogP contribution in [-0.2, 0) is 16.1 Å². The molecule has 0 radical (unpaired) electrons. The van der Waals surface area contributed by atoms with E-state index in [1.54, 1.807) is 12.3 Å². The molecule has 1 unspecified atom stereocenters. The first-order chi connectivity index (χ1) is 6.45. The monoisotopic (exact) mass is 183 g/mol. The predicted molar refractivity (Wildman–Crippen MR) is 44.9 cm³/mol. The highest BCUT2D eigenvalue weighted by molar-refractivity contribution is 4.92. The summed E-state index contributed by atoms with van der Waals surface area (Å²) >= 11 is 0. The summed E-state index contributed by atoms with van der Waals surface area (Å²) in [5.74, 6) is 0. The zero-order valence-electron chi connectivity index (χ0n) is 7.44. The molecular formula is C9H13NO3. The first kappa shape index (κ1) is 8.72. The molecule has 0 spiro atoms. The van der Waals surface area contributed by atoms with Gasteiger partial charge >= 0.3 is 0 Å². The van der Waals surface area contributed by atoms with Crippen molar-refractivity contribution in [3.63, 3.8) is 0 Å². The van der Waals surface area contributed by atoms with Crippen LogP contribution in [0.1, 0.15) is 25.0 Å². The second-order valence-electron chi connectivity index (χ2n) is 3.10. The molecule has 2 rings (SSSR count). The lowest BCUT2D eigenvalue weighted by molar-refractivity contribution is -0.169. The van der Waals surface area contributed by atoms with Crippen LogP contribution < -0.4 is 0 Å². The van der Waals surface area contributed by atoms with E-state index < -0.39 is 0 Å². The number of hydrogen-bond donors (Lipinski definition) is 0. The van der Waals surface area contributed by atoms with Gasteiger partial charge in [-0.2, -0.15) is 0 Å². The third kappa shape index (κ3) is 2.54. The van der Waals surface area contributed by atoms with Crippen LogP contribution in [0.15, 0.2) is 16.9 Å². The zero-order valence-corrected chi connectivity index (χ0v) is 7.44. The van der Waals surface area contributed by atoms with Crippen molar-refractivity contribution < 1.29 is 14.0 Å². The van der Waals surface area contributed by atoms with Gasteiger partial charge in [0, 0.05) is 12.7 Å². The second kappa shape index (κ2) is 4.39. The minimum Gasteiger partial charge on any atom is -0.364 e. The summed E-state index contributed by atoms with van der Waals surface area (Å²) in [6, 6.07) is 1.79. The van der Waals surface area contributed by atoms with Crippen molar-refractivity contribution in [2.45, 2.75) is 32.2 Å². The van der Waals surface area contributed by atoms with E-state index in [1.165, 1.54) is 6.42 Å². The Kier molecular flexibility index (Phi) is 2.94. The van der Waals surface area contributed by atoms with E-state index in [-0.39, 0.29) is 6.29 Å². The largest absolute Gasteiger partial charge is 0.364 e. The van der Waals surface area contributed by atoms with E-state index in [4.69, 9.17) is 9.47 Å². The molecule has 1 aromatic heterocycles. The smallest absolute Gasteiger partial charge is 0.158 e. The van der Waals surface area contributed by atoms with Crippen LogP contribution in [0, 0.1) is 0 Å². The molecule has 13 heavy (non-hydrogen) atoms. The molecular weight excluding hydrogens is 170 g/mol. The third-order valence-electron chi connectivity index (χ3n) is 2.05. The molecule has 0 aromatic carbocycles. The maximum Gasteiger partial charge on any atom is 0.158 e. The molecule has 0 amide bonds. The Hall–Kier alpha value is -0.870. The summed E-state index contributed by atoms with van der Waals surface area (Å²) in [6.07, 6.45) is 4.80. The van der Waals surface area contributed by atoms with Crippen molar-refractivity contribution >= 4 is 0 Å². The maximum absolute atomic E-state index is 5.48. The molecule has 0 aliphatic carbocycles. The van der Waals surface area contributed by atoms with Gasteiger partial charge in [0.25, 0.3) is 0 Å². The molecule has 4 heteroatoms. The molecule has 1 aromatic rings. The van der Waals surface area contributed by atoms with Crippen molar-refractivity contribution in [1.82, 2.24) is 5.16 Å². The van der Waals surface area contributed by atoms with Gasteiger partial charge in [0.05, 0.1) is 6.61 Å². The van der Waals surface area contributed by atoms with E-state index in [1.807, 2.05) is 0 Å². The Morgan fingerprint density at radius 3 is 3.23 bits per heavy atom. The van der Waals surface area contributed by atoms with Crippen LogP contribution >= 0.6 is 0 Å². The number of ether oxygens (including phenoxy) is 2. The topological polar surface area (TPSA) is 44.5 Å². The van der Waals surface area contributed by atoms with Crippen molar-refractivity contribution in [3.8, 4) is 0 Å². The molecule has 1 fully saturated rings. The lowest BCUT2D eigenvalue weighted by Gasteiger charge is -2.21. The highest BCUT2D eigenvalue weighted by atomic mass is 16.7. The van der Waals surface area contributed by atoms with E-state index in [0.29, 0.717) is 6.61 Å². The fraction of sp³-hybridized carbons (Fsp3) is 0.667. The lowest BCUT2D eigenvalue weighted by Crippen LogP contribution is -2.22. The van der Waals surface area contributed by atoms with Gasteiger partial charge in [0.15, 0.2) is 6.29 Å². The molecule has 0 bridgehead atoms. The van der Waals surface area contributed by atoms with Crippen LogP contribution in [0.25, 0.3) is 0 Å². The van der Waals surface area contributed by atoms with E-state index in [2.05, 4.69) is 9.68 Å². The standard InChI is InChI=1S/C9H13NO3/c1-2-5-11-9(3-1)12-7-8-4-6-13-10-8/h4,6,9H,1-3,5,7H2. The highest BCUT2D eigenvalue weighted by Crippen LogP contribution is 2.14. The van der Waals surface area contributed by atoms with Crippen molar-refractivity contribution in [2.75, 3.05) is 6.61 Å². The van der Waals surface area contributed by atoms with Gasteiger partial charge in [-0.05, 0) is 19.3 Å². The Morgan fingerprint density at radius 1 is 1.54 bits per heavy atom. The van der Waals surface area contributed by atoms with Crippen molar-refractivity contribution in [1.29, 1.82) is 0 Å². The number of aromatic nitrogens is 1. The number of rotatable bonds is 3. The van der Waals surface area contributed by atoms with Crippen LogP contribution in [0.3, 0.4) is 0 Å². The van der Waals surface area contributed by atoms with Crippen LogP contribution in [-0.4, -0.2) is 18.1 Å². The SMILES string of the molecule is c1cc(COC2CCCCO2)no1. The van der Waals surface area contributed by atoms with Crippen LogP contribution in [0.2, 0.25) is 0 Å². The molecule has 0 saturated carbocycles. The van der Waals surface area contributed by atoms with Gasteiger partial charge in [-0.3, -0.25) is 0 Å². The summed E-state index contributed by atoms with van der Waals surface area (Å²) in [5, 5.41) is 3.75. The van der Waals surface area contributed by atoms with Gasteiger partial charge in [-0.1, -0.05) is 5.16 Å². The second-order valence-corrected chi connectivity index (χ2v) is 3.10. The van der Waals surface area contributed by atoms with Gasteiger partial charge in [0.2, 0.25) is 0 Å². The van der Waals surface area contributed by atoms with Gasteiger partial charge in [-0.15, -0.1) is 0 Å². The summed E-state index contributed by atoms with van der Waals surface area (Å²) in [7, 11) is 0. The van der Waals surface area contributed by atoms with Gasteiger partial charge in [0.1, 0.15) is 12.0 Å². The fourth-order valence-corrected chi connectivity index (χ4v) is 1.33. The summed E-state index contributed by atoms with van der Waals surface area (Å²) in [6.45, 7) is 1.28. The molecule has 0 N–H and O–H groups in total. The average molecular weight is 183 g/mol. The molecule has 1 atom stereocenters.